The van der Waals surface area contributed by atoms with Crippen molar-refractivity contribution in [3.63, 3.8) is 0 Å². The molecule has 1 aliphatic heterocycles. The molecule has 0 bridgehead atoms. The number of carbonyl (C=O) groups excluding carboxylic acids is 3. The molecule has 7 rings (SSSR count). The van der Waals surface area contributed by atoms with Crippen LogP contribution in [0.5, 0.6) is 0 Å². The van der Waals surface area contributed by atoms with Gasteiger partial charge in [-0.3, -0.25) is 9.59 Å². The minimum atomic E-state index is -0.722. The van der Waals surface area contributed by atoms with E-state index in [2.05, 4.69) is 64.5 Å². The van der Waals surface area contributed by atoms with Gasteiger partial charge in [0.2, 0.25) is 5.91 Å². The predicted molar refractivity (Wildman–Crippen MR) is 239 cm³/mol. The molecule has 5 N–H and O–H groups in total. The number of hydrogen-bond acceptors (Lipinski definition) is 9. The summed E-state index contributed by atoms with van der Waals surface area (Å²) in [5, 5.41) is 16.4. The average Bonchev–Trinajstić information content (AvgIpc) is 3.85. The maximum Gasteiger partial charge on any atom is 0.408 e. The monoisotopic (exact) mass is 829 g/mol. The van der Waals surface area contributed by atoms with Crippen LogP contribution in [-0.2, 0) is 32.5 Å². The Labute approximate surface area is 360 Å². The van der Waals surface area contributed by atoms with Crippen molar-refractivity contribution >= 4 is 40.2 Å². The van der Waals surface area contributed by atoms with Gasteiger partial charge < -0.3 is 35.7 Å². The van der Waals surface area contributed by atoms with Gasteiger partial charge in [-0.25, -0.2) is 9.78 Å². The molecular weight excluding hydrogens is 767 g/mol. The molecule has 0 radical (unpaired) electrons. The van der Waals surface area contributed by atoms with Crippen molar-refractivity contribution in [2.75, 3.05) is 36.9 Å². The third kappa shape index (κ3) is 9.88. The molecule has 61 heavy (non-hydrogen) atoms. The number of H-pyrrole nitrogens is 1. The van der Waals surface area contributed by atoms with E-state index in [1.807, 2.05) is 24.3 Å². The number of nitriles is 1. The molecule has 324 valence electrons. The molecule has 2 amide bonds. The summed E-state index contributed by atoms with van der Waals surface area (Å²) in [7, 11) is 0. The van der Waals surface area contributed by atoms with Crippen LogP contribution in [-0.4, -0.2) is 71.7 Å². The lowest BCUT2D eigenvalue weighted by Gasteiger charge is -2.38. The van der Waals surface area contributed by atoms with E-state index < -0.39 is 23.2 Å². The zero-order valence-corrected chi connectivity index (χ0v) is 36.8. The second-order valence-corrected chi connectivity index (χ2v) is 18.9. The highest BCUT2D eigenvalue weighted by atomic mass is 16.6. The Hall–Kier alpha value is -5.41. The first-order chi connectivity index (χ1) is 29.1. The second-order valence-electron chi connectivity index (χ2n) is 18.9. The minimum absolute atomic E-state index is 0.0322. The second kappa shape index (κ2) is 18.3. The molecule has 0 spiro atoms. The average molecular weight is 830 g/mol. The number of nitrogens with one attached hydrogen (secondary N) is 3. The van der Waals surface area contributed by atoms with Gasteiger partial charge in [0.15, 0.2) is 5.78 Å². The summed E-state index contributed by atoms with van der Waals surface area (Å²) in [6.45, 7) is 15.3. The van der Waals surface area contributed by atoms with E-state index in [4.69, 9.17) is 15.2 Å². The number of hydrogen-bond donors (Lipinski definition) is 4. The number of nitrogens with two attached hydrogens (primary N) is 1. The van der Waals surface area contributed by atoms with Crippen LogP contribution in [0.4, 0.5) is 16.3 Å². The quantitative estimate of drug-likeness (QED) is 0.0912. The maximum atomic E-state index is 14.1. The summed E-state index contributed by atoms with van der Waals surface area (Å²) in [4.78, 5) is 50.5. The first-order valence-corrected chi connectivity index (χ1v) is 22.3. The highest BCUT2D eigenvalue weighted by molar-refractivity contribution is 6.20. The van der Waals surface area contributed by atoms with E-state index in [0.717, 1.165) is 103 Å². The number of carbonyl (C=O) groups is 3. The third-order valence-corrected chi connectivity index (χ3v) is 13.0. The lowest BCUT2D eigenvalue weighted by Crippen LogP contribution is -2.50. The Morgan fingerprint density at radius 1 is 1.08 bits per heavy atom. The summed E-state index contributed by atoms with van der Waals surface area (Å²) in [6, 6.07) is 15.2. The van der Waals surface area contributed by atoms with Crippen molar-refractivity contribution in [1.82, 2.24) is 20.6 Å². The number of aromatic amines is 1. The van der Waals surface area contributed by atoms with Crippen molar-refractivity contribution in [3.8, 4) is 6.07 Å². The molecule has 1 saturated heterocycles. The van der Waals surface area contributed by atoms with Gasteiger partial charge in [-0.1, -0.05) is 32.9 Å². The van der Waals surface area contributed by atoms with E-state index in [1.165, 1.54) is 11.3 Å². The number of nitrogens with zero attached hydrogens (tertiary/aromatic N) is 3. The van der Waals surface area contributed by atoms with Crippen molar-refractivity contribution < 1.29 is 23.9 Å². The SMILES string of the molecule is CCc1cc2c(cc1N1CCC(CCOC[C@H]3CC[C@@H](NC(=O)[C@H](CCCc4cccnc4N)NC(=O)OC(C)(C)C)C3)CC1)C(C)(C)c1[nH]c3cc(C#N)ccc3c1C2=O. The molecule has 12 heteroatoms. The molecule has 0 unspecified atom stereocenters. The number of aromatic nitrogens is 2. The van der Waals surface area contributed by atoms with Crippen molar-refractivity contribution in [2.45, 2.75) is 129 Å². The summed E-state index contributed by atoms with van der Waals surface area (Å²) in [6.07, 6.45) is 9.55. The predicted octanol–water partition coefficient (Wildman–Crippen LogP) is 8.27. The maximum absolute atomic E-state index is 14.1. The van der Waals surface area contributed by atoms with Crippen LogP contribution in [0.15, 0.2) is 48.7 Å². The summed E-state index contributed by atoms with van der Waals surface area (Å²) >= 11 is 0. The molecular formula is C49H63N7O5. The Kier molecular flexibility index (Phi) is 13.1. The van der Waals surface area contributed by atoms with Gasteiger partial charge in [0, 0.05) is 71.8 Å². The Balaban J connectivity index is 0.877. The number of amides is 2. The highest BCUT2D eigenvalue weighted by Gasteiger charge is 2.41. The van der Waals surface area contributed by atoms with Gasteiger partial charge >= 0.3 is 6.09 Å². The minimum Gasteiger partial charge on any atom is -0.444 e. The Morgan fingerprint density at radius 3 is 2.59 bits per heavy atom. The van der Waals surface area contributed by atoms with E-state index >= 15 is 0 Å². The standard InChI is InChI=1S/C49H63N7O5/c1-7-33-26-37-38(49(5,6)44-42(43(37)57)36-16-14-31(28-50)25-40(36)54-44)27-41(33)56-21-17-30(18-22-56)19-23-60-29-32-13-15-35(24-32)53-46(58)39(55-47(59)61-48(2,3)4)12-8-10-34-11-9-20-52-45(34)51/h9,11,14,16,20,25-27,30,32,35,39,54H,7-8,10,12-13,15,17-19,21-24,29H2,1-6H3,(H2,51,52)(H,53,58)(H,55,59)/t32-,35+,39-/m0/s1. The molecule has 12 nitrogen and oxygen atoms in total. The summed E-state index contributed by atoms with van der Waals surface area (Å²) < 4.78 is 11.7. The molecule has 2 aliphatic carbocycles. The summed E-state index contributed by atoms with van der Waals surface area (Å²) in [5.74, 6) is 1.30. The number of aryl methyl sites for hydroxylation is 2. The zero-order valence-electron chi connectivity index (χ0n) is 36.8. The largest absolute Gasteiger partial charge is 0.444 e. The van der Waals surface area contributed by atoms with Gasteiger partial charge in [0.1, 0.15) is 17.5 Å². The molecule has 4 aromatic rings. The smallest absolute Gasteiger partial charge is 0.408 e. The van der Waals surface area contributed by atoms with E-state index in [9.17, 15) is 19.6 Å². The number of alkyl carbamates (subject to hydrolysis) is 1. The number of piperidine rings is 1. The van der Waals surface area contributed by atoms with Crippen LogP contribution >= 0.6 is 0 Å². The molecule has 2 aromatic carbocycles. The van der Waals surface area contributed by atoms with Gasteiger partial charge in [0.05, 0.1) is 17.2 Å². The third-order valence-electron chi connectivity index (χ3n) is 13.0. The van der Waals surface area contributed by atoms with E-state index in [0.29, 0.717) is 49.1 Å². The van der Waals surface area contributed by atoms with Crippen LogP contribution in [0.2, 0.25) is 0 Å². The van der Waals surface area contributed by atoms with Crippen molar-refractivity contribution in [3.05, 3.63) is 87.7 Å². The van der Waals surface area contributed by atoms with Crippen LogP contribution in [0.3, 0.4) is 0 Å². The van der Waals surface area contributed by atoms with Crippen molar-refractivity contribution in [1.29, 1.82) is 5.26 Å². The van der Waals surface area contributed by atoms with E-state index in [-0.39, 0.29) is 17.7 Å². The lowest BCUT2D eigenvalue weighted by molar-refractivity contribution is -0.124. The molecule has 2 aromatic heterocycles. The fourth-order valence-electron chi connectivity index (χ4n) is 9.66. The first-order valence-electron chi connectivity index (χ1n) is 22.3. The van der Waals surface area contributed by atoms with Gasteiger partial charge in [0.25, 0.3) is 0 Å². The van der Waals surface area contributed by atoms with Crippen molar-refractivity contribution in [2.24, 2.45) is 11.8 Å². The lowest BCUT2D eigenvalue weighted by atomic mass is 9.70. The molecule has 1 saturated carbocycles. The molecule has 3 atom stereocenters. The summed E-state index contributed by atoms with van der Waals surface area (Å²) in [5.41, 5.74) is 13.2. The van der Waals surface area contributed by atoms with E-state index in [1.54, 1.807) is 33.0 Å². The van der Waals surface area contributed by atoms with Crippen LogP contribution in [0.1, 0.15) is 137 Å². The number of benzene rings is 2. The van der Waals surface area contributed by atoms with Gasteiger partial charge in [-0.05, 0) is 144 Å². The number of anilines is 2. The fraction of sp³-hybridized carbons (Fsp3) is 0.531. The number of nitrogen functional groups attached to an aromatic ring is 1. The first kappa shape index (κ1) is 43.7. The number of ether oxygens (including phenoxy) is 2. The van der Waals surface area contributed by atoms with Crippen LogP contribution < -0.4 is 21.3 Å². The number of ketones is 1. The Bertz CT molecular complexity index is 2290. The zero-order chi connectivity index (χ0) is 43.5. The normalized spacial score (nSPS) is 19.2. The van der Waals surface area contributed by atoms with Crippen LogP contribution in [0.25, 0.3) is 10.9 Å². The van der Waals surface area contributed by atoms with Gasteiger partial charge in [-0.15, -0.1) is 0 Å². The molecule has 3 aliphatic rings. The Morgan fingerprint density at radius 2 is 1.87 bits per heavy atom. The molecule has 3 heterocycles. The number of rotatable bonds is 14. The fourth-order valence-corrected chi connectivity index (χ4v) is 9.66. The van der Waals surface area contributed by atoms with Crippen LogP contribution in [0, 0.1) is 23.2 Å². The number of pyridine rings is 1. The highest BCUT2D eigenvalue weighted by Crippen LogP contribution is 2.46. The van der Waals surface area contributed by atoms with Gasteiger partial charge in [-0.2, -0.15) is 5.26 Å². The number of fused-ring (bicyclic) bond motifs is 4. The molecule has 2 fully saturated rings. The topological polar surface area (TPSA) is 175 Å².